The van der Waals surface area contributed by atoms with Crippen LogP contribution in [-0.4, -0.2) is 37.5 Å². The number of pyridine rings is 1. The van der Waals surface area contributed by atoms with Gasteiger partial charge in [0.05, 0.1) is 17.9 Å². The molecule has 3 rings (SSSR count). The SMILES string of the molecule is C=C(/C=C/c1ccccn1)c1ccc(C)cc1NC.CNC(=O)c1c(C)cccc1OCCCC(=O)NOF. The normalized spacial score (nSPS) is 10.3. The van der Waals surface area contributed by atoms with E-state index in [1.165, 1.54) is 5.56 Å². The van der Waals surface area contributed by atoms with Crippen LogP contribution in [0.3, 0.4) is 0 Å². The summed E-state index contributed by atoms with van der Waals surface area (Å²) in [5.41, 5.74) is 8.16. The highest BCUT2D eigenvalue weighted by Crippen LogP contribution is 2.25. The van der Waals surface area contributed by atoms with Crippen LogP contribution < -0.4 is 20.9 Å². The molecule has 0 spiro atoms. The van der Waals surface area contributed by atoms with E-state index in [4.69, 9.17) is 4.74 Å². The zero-order valence-electron chi connectivity index (χ0n) is 22.7. The van der Waals surface area contributed by atoms with E-state index in [9.17, 15) is 14.1 Å². The molecule has 0 atom stereocenters. The van der Waals surface area contributed by atoms with E-state index < -0.39 is 5.91 Å². The number of amides is 2. The highest BCUT2D eigenvalue weighted by molar-refractivity contribution is 5.98. The first kappa shape index (κ1) is 30.7. The van der Waals surface area contributed by atoms with E-state index >= 15 is 0 Å². The van der Waals surface area contributed by atoms with Gasteiger partial charge in [0.15, 0.2) is 0 Å². The maximum Gasteiger partial charge on any atom is 0.255 e. The Balaban J connectivity index is 0.000000274. The standard InChI is InChI=1S/C17H18N2.C13H17FN2O4/c1-13-7-10-16(17(12-13)18-3)14(2)8-9-15-6-4-5-11-19-15;1-9-5-3-6-10(12(9)13(18)15-2)19-8-4-7-11(17)16-20-14/h4-12,18H,2H2,1,3H3;3,5-6H,4,7-8H2,1-2H3,(H,15,18)(H,16,17)/b9-8+;. The molecule has 39 heavy (non-hydrogen) atoms. The molecule has 0 radical (unpaired) electrons. The van der Waals surface area contributed by atoms with Gasteiger partial charge in [0.2, 0.25) is 5.91 Å². The van der Waals surface area contributed by atoms with Crippen molar-refractivity contribution in [2.24, 2.45) is 0 Å². The lowest BCUT2D eigenvalue weighted by molar-refractivity contribution is -0.198. The lowest BCUT2D eigenvalue weighted by Crippen LogP contribution is -2.21. The molecular formula is C30H35FN4O4. The first-order valence-electron chi connectivity index (χ1n) is 12.4. The van der Waals surface area contributed by atoms with Crippen molar-refractivity contribution >= 4 is 29.2 Å². The summed E-state index contributed by atoms with van der Waals surface area (Å²) in [6.07, 6.45) is 6.18. The van der Waals surface area contributed by atoms with Crippen LogP contribution in [0.2, 0.25) is 0 Å². The highest BCUT2D eigenvalue weighted by atomic mass is 19.3. The first-order valence-corrected chi connectivity index (χ1v) is 12.4. The van der Waals surface area contributed by atoms with E-state index in [-0.39, 0.29) is 18.9 Å². The van der Waals surface area contributed by atoms with Gasteiger partial charge in [-0.15, -0.1) is 0 Å². The molecule has 0 aliphatic rings. The maximum atomic E-state index is 11.8. The number of ether oxygens (including phenoxy) is 1. The fourth-order valence-corrected chi connectivity index (χ4v) is 3.58. The monoisotopic (exact) mass is 534 g/mol. The molecule has 1 heterocycles. The molecular weight excluding hydrogens is 499 g/mol. The topological polar surface area (TPSA) is 102 Å². The summed E-state index contributed by atoms with van der Waals surface area (Å²) in [6.45, 7) is 8.24. The average molecular weight is 535 g/mol. The van der Waals surface area contributed by atoms with Crippen LogP contribution in [0.4, 0.5) is 10.2 Å². The van der Waals surface area contributed by atoms with Gasteiger partial charge in [-0.1, -0.05) is 48.0 Å². The predicted molar refractivity (Wildman–Crippen MR) is 153 cm³/mol. The second kappa shape index (κ2) is 16.4. The second-order valence-electron chi connectivity index (χ2n) is 8.49. The summed E-state index contributed by atoms with van der Waals surface area (Å²) in [5.74, 6) is -0.361. The van der Waals surface area contributed by atoms with Gasteiger partial charge in [-0.3, -0.25) is 14.6 Å². The maximum absolute atomic E-state index is 11.8. The van der Waals surface area contributed by atoms with Gasteiger partial charge in [0.1, 0.15) is 5.75 Å². The van der Waals surface area contributed by atoms with E-state index in [1.807, 2.05) is 50.4 Å². The van der Waals surface area contributed by atoms with Crippen LogP contribution in [0.5, 0.6) is 5.75 Å². The number of halogens is 1. The minimum atomic E-state index is -0.577. The molecule has 2 amide bonds. The molecule has 3 aromatic rings. The van der Waals surface area contributed by atoms with Gasteiger partial charge < -0.3 is 15.4 Å². The molecule has 0 unspecified atom stereocenters. The minimum absolute atomic E-state index is 0.0606. The van der Waals surface area contributed by atoms with Gasteiger partial charge in [-0.2, -0.15) is 5.48 Å². The molecule has 0 bridgehead atoms. The number of aromatic nitrogens is 1. The number of rotatable bonds is 11. The van der Waals surface area contributed by atoms with Crippen LogP contribution in [0, 0.1) is 13.8 Å². The third-order valence-electron chi connectivity index (χ3n) is 5.58. The third-order valence-corrected chi connectivity index (χ3v) is 5.58. The van der Waals surface area contributed by atoms with Crippen molar-refractivity contribution in [2.75, 3.05) is 26.0 Å². The number of nitrogens with zero attached hydrogens (tertiary/aromatic N) is 1. The minimum Gasteiger partial charge on any atom is -0.493 e. The van der Waals surface area contributed by atoms with Crippen molar-refractivity contribution in [1.29, 1.82) is 0 Å². The van der Waals surface area contributed by atoms with Crippen molar-refractivity contribution in [3.05, 3.63) is 101 Å². The molecule has 0 saturated carbocycles. The molecule has 0 aliphatic heterocycles. The number of hydrogen-bond donors (Lipinski definition) is 3. The largest absolute Gasteiger partial charge is 0.493 e. The molecule has 0 aliphatic carbocycles. The predicted octanol–water partition coefficient (Wildman–Crippen LogP) is 5.60. The zero-order valence-corrected chi connectivity index (χ0v) is 22.7. The molecule has 0 saturated heterocycles. The van der Waals surface area contributed by atoms with Crippen LogP contribution in [0.25, 0.3) is 11.6 Å². The Morgan fingerprint density at radius 3 is 2.54 bits per heavy atom. The Hall–Kier alpha value is -4.50. The number of anilines is 1. The number of hydrogen-bond acceptors (Lipinski definition) is 6. The lowest BCUT2D eigenvalue weighted by Gasteiger charge is -2.12. The molecule has 8 nitrogen and oxygen atoms in total. The second-order valence-corrected chi connectivity index (χ2v) is 8.49. The van der Waals surface area contributed by atoms with Gasteiger partial charge >= 0.3 is 0 Å². The smallest absolute Gasteiger partial charge is 0.255 e. The van der Waals surface area contributed by atoms with Crippen LogP contribution in [-0.2, 0) is 9.84 Å². The Labute approximate surface area is 228 Å². The quantitative estimate of drug-likeness (QED) is 0.168. The molecule has 1 aromatic heterocycles. The fourth-order valence-electron chi connectivity index (χ4n) is 3.58. The Kier molecular flexibility index (Phi) is 12.9. The number of carbonyl (C=O) groups is 2. The first-order chi connectivity index (χ1) is 18.8. The summed E-state index contributed by atoms with van der Waals surface area (Å²) in [6, 6.07) is 17.4. The van der Waals surface area contributed by atoms with Crippen molar-refractivity contribution in [3.8, 4) is 5.75 Å². The average Bonchev–Trinajstić information content (AvgIpc) is 2.94. The number of carbonyl (C=O) groups excluding carboxylic acids is 2. The zero-order chi connectivity index (χ0) is 28.6. The van der Waals surface area contributed by atoms with Gasteiger partial charge in [-0.25, -0.2) is 0 Å². The Morgan fingerprint density at radius 2 is 1.87 bits per heavy atom. The van der Waals surface area contributed by atoms with Crippen molar-refractivity contribution in [2.45, 2.75) is 26.7 Å². The Morgan fingerprint density at radius 1 is 1.08 bits per heavy atom. The summed E-state index contributed by atoms with van der Waals surface area (Å²) in [5, 5.41) is 8.76. The van der Waals surface area contributed by atoms with E-state index in [0.717, 1.165) is 28.1 Å². The summed E-state index contributed by atoms with van der Waals surface area (Å²) >= 11 is 0. The summed E-state index contributed by atoms with van der Waals surface area (Å²) in [4.78, 5) is 27.0. The summed E-state index contributed by atoms with van der Waals surface area (Å²) in [7, 11) is 3.47. The molecule has 206 valence electrons. The van der Waals surface area contributed by atoms with Gasteiger partial charge in [0, 0.05) is 38.0 Å². The third kappa shape index (κ3) is 10.1. The van der Waals surface area contributed by atoms with Crippen LogP contribution >= 0.6 is 0 Å². The Bertz CT molecular complexity index is 1280. The summed E-state index contributed by atoms with van der Waals surface area (Å²) < 4.78 is 16.8. The fraction of sp³-hybridized carbons (Fsp3) is 0.233. The number of hydroxylamine groups is 1. The van der Waals surface area contributed by atoms with Crippen LogP contribution in [0.15, 0.2) is 73.4 Å². The van der Waals surface area contributed by atoms with Gasteiger partial charge in [0.25, 0.3) is 5.91 Å². The molecule has 9 heteroatoms. The van der Waals surface area contributed by atoms with Crippen molar-refractivity contribution < 1.29 is 23.9 Å². The number of nitrogens with one attached hydrogen (secondary N) is 3. The van der Waals surface area contributed by atoms with Crippen LogP contribution in [0.1, 0.15) is 45.6 Å². The number of aryl methyl sites for hydroxylation is 2. The van der Waals surface area contributed by atoms with Gasteiger partial charge in [-0.05, 0) is 71.8 Å². The number of benzene rings is 2. The highest BCUT2D eigenvalue weighted by Gasteiger charge is 2.14. The number of allylic oxidation sites excluding steroid dienone is 2. The van der Waals surface area contributed by atoms with E-state index in [1.54, 1.807) is 30.9 Å². The lowest BCUT2D eigenvalue weighted by atomic mass is 10.0. The van der Waals surface area contributed by atoms with Crippen molar-refractivity contribution in [3.63, 3.8) is 0 Å². The molecule has 2 aromatic carbocycles. The van der Waals surface area contributed by atoms with E-state index in [2.05, 4.69) is 52.4 Å². The van der Waals surface area contributed by atoms with E-state index in [0.29, 0.717) is 17.7 Å². The molecule has 3 N–H and O–H groups in total. The van der Waals surface area contributed by atoms with Crippen molar-refractivity contribution in [1.82, 2.24) is 15.8 Å². The molecule has 0 fully saturated rings.